The van der Waals surface area contributed by atoms with E-state index in [0.717, 1.165) is 99.7 Å². The molecule has 0 N–H and O–H groups in total. The molecule has 0 radical (unpaired) electrons. The van der Waals surface area contributed by atoms with Gasteiger partial charge in [-0.15, -0.1) is 0 Å². The van der Waals surface area contributed by atoms with Crippen molar-refractivity contribution in [2.45, 2.75) is 0 Å². The minimum absolute atomic E-state index is 0.597. The van der Waals surface area contributed by atoms with Crippen molar-refractivity contribution >= 4 is 87.2 Å². The van der Waals surface area contributed by atoms with Crippen LogP contribution in [0.2, 0.25) is 0 Å². The summed E-state index contributed by atoms with van der Waals surface area (Å²) in [5, 5.41) is 20.1. The SMILES string of the molecule is N#Cc1ccccc1-c1cc(-n2c3ccccc3c3cc4c5ccccc5n(-c5ccccc5)c4cc32)ncc1-n1c2ccccc2c2cc3c4ccccc4n(-c4ccccc4)c3cc21. The number of fused-ring (bicyclic) bond motifs is 12. The monoisotopic (exact) mass is 840 g/mol. The fraction of sp³-hybridized carbons (Fsp3) is 0. The zero-order chi connectivity index (χ0) is 43.5. The molecule has 306 valence electrons. The van der Waals surface area contributed by atoms with Gasteiger partial charge in [0.1, 0.15) is 5.82 Å². The molecule has 6 nitrogen and oxygen atoms in total. The Labute approximate surface area is 378 Å². The predicted molar refractivity (Wildman–Crippen MR) is 272 cm³/mol. The topological polar surface area (TPSA) is 56.4 Å². The molecule has 6 heteroatoms. The lowest BCUT2D eigenvalue weighted by Crippen LogP contribution is -2.04. The molecule has 0 saturated carbocycles. The Hall–Kier alpha value is -9.18. The number of nitriles is 1. The van der Waals surface area contributed by atoms with Crippen LogP contribution in [0.3, 0.4) is 0 Å². The number of hydrogen-bond acceptors (Lipinski definition) is 2. The van der Waals surface area contributed by atoms with Crippen LogP contribution in [0.5, 0.6) is 0 Å². The lowest BCUT2D eigenvalue weighted by molar-refractivity contribution is 1.05. The van der Waals surface area contributed by atoms with Crippen molar-refractivity contribution in [1.82, 2.24) is 23.3 Å². The molecule has 0 spiro atoms. The van der Waals surface area contributed by atoms with Crippen LogP contribution in [-0.2, 0) is 0 Å². The Morgan fingerprint density at radius 2 is 0.712 bits per heavy atom. The molecule has 0 bridgehead atoms. The first-order chi connectivity index (χ1) is 32.7. The molecule has 9 aromatic carbocycles. The van der Waals surface area contributed by atoms with E-state index in [2.05, 4.69) is 218 Å². The highest BCUT2D eigenvalue weighted by Crippen LogP contribution is 2.44. The lowest BCUT2D eigenvalue weighted by Gasteiger charge is -2.17. The van der Waals surface area contributed by atoms with Crippen molar-refractivity contribution in [1.29, 1.82) is 5.26 Å². The molecular formula is C60H36N6. The maximum absolute atomic E-state index is 10.7. The molecule has 0 atom stereocenters. The van der Waals surface area contributed by atoms with Gasteiger partial charge in [0.25, 0.3) is 0 Å². The van der Waals surface area contributed by atoms with Gasteiger partial charge in [0.05, 0.1) is 67.7 Å². The van der Waals surface area contributed by atoms with Gasteiger partial charge in [0, 0.05) is 65.6 Å². The van der Waals surface area contributed by atoms with E-state index in [1.165, 1.54) is 21.5 Å². The van der Waals surface area contributed by atoms with Gasteiger partial charge in [-0.1, -0.05) is 127 Å². The molecule has 66 heavy (non-hydrogen) atoms. The molecule has 0 aliphatic carbocycles. The van der Waals surface area contributed by atoms with E-state index in [9.17, 15) is 5.26 Å². The molecule has 5 heterocycles. The number of hydrogen-bond donors (Lipinski definition) is 0. The zero-order valence-corrected chi connectivity index (χ0v) is 35.5. The summed E-state index contributed by atoms with van der Waals surface area (Å²) in [6.07, 6.45) is 2.02. The van der Waals surface area contributed by atoms with Gasteiger partial charge < -0.3 is 13.7 Å². The van der Waals surface area contributed by atoms with E-state index >= 15 is 0 Å². The third-order valence-corrected chi connectivity index (χ3v) is 13.6. The van der Waals surface area contributed by atoms with Crippen molar-refractivity contribution < 1.29 is 0 Å². The van der Waals surface area contributed by atoms with Crippen LogP contribution in [-0.4, -0.2) is 23.3 Å². The first-order valence-electron chi connectivity index (χ1n) is 22.3. The highest BCUT2D eigenvalue weighted by molar-refractivity contribution is 6.21. The Balaban J connectivity index is 1.09. The average molecular weight is 841 g/mol. The molecule has 5 aromatic heterocycles. The van der Waals surface area contributed by atoms with Gasteiger partial charge in [-0.3, -0.25) is 4.57 Å². The van der Waals surface area contributed by atoms with Crippen molar-refractivity contribution in [3.05, 3.63) is 224 Å². The summed E-state index contributed by atoms with van der Waals surface area (Å²) in [7, 11) is 0. The summed E-state index contributed by atoms with van der Waals surface area (Å²) in [6.45, 7) is 0. The van der Waals surface area contributed by atoms with E-state index in [0.29, 0.717) is 5.56 Å². The van der Waals surface area contributed by atoms with Crippen LogP contribution in [0.25, 0.3) is 121 Å². The van der Waals surface area contributed by atoms with Gasteiger partial charge in [-0.2, -0.15) is 5.26 Å². The van der Waals surface area contributed by atoms with Crippen molar-refractivity contribution in [3.63, 3.8) is 0 Å². The maximum Gasteiger partial charge on any atom is 0.138 e. The molecule has 0 aliphatic rings. The Morgan fingerprint density at radius 1 is 0.318 bits per heavy atom. The van der Waals surface area contributed by atoms with Gasteiger partial charge in [0.2, 0.25) is 0 Å². The molecule has 0 amide bonds. The highest BCUT2D eigenvalue weighted by atomic mass is 15.1. The van der Waals surface area contributed by atoms with Crippen molar-refractivity contribution in [2.24, 2.45) is 0 Å². The number of para-hydroxylation sites is 6. The van der Waals surface area contributed by atoms with E-state index in [-0.39, 0.29) is 0 Å². The minimum Gasteiger partial charge on any atom is -0.309 e. The normalized spacial score (nSPS) is 11.9. The van der Waals surface area contributed by atoms with Crippen LogP contribution in [0.4, 0.5) is 0 Å². The third-order valence-electron chi connectivity index (χ3n) is 13.6. The second-order valence-electron chi connectivity index (χ2n) is 17.1. The van der Waals surface area contributed by atoms with Gasteiger partial charge in [0.15, 0.2) is 0 Å². The largest absolute Gasteiger partial charge is 0.309 e. The third kappa shape index (κ3) is 5.08. The van der Waals surface area contributed by atoms with Crippen LogP contribution < -0.4 is 0 Å². The summed E-state index contributed by atoms with van der Waals surface area (Å²) in [5.74, 6) is 0.766. The fourth-order valence-corrected chi connectivity index (χ4v) is 10.8. The number of pyridine rings is 1. The summed E-state index contributed by atoms with van der Waals surface area (Å²) in [4.78, 5) is 5.45. The molecular weight excluding hydrogens is 805 g/mol. The van der Waals surface area contributed by atoms with Crippen LogP contribution in [0.1, 0.15) is 5.56 Å². The van der Waals surface area contributed by atoms with Crippen molar-refractivity contribution in [2.75, 3.05) is 0 Å². The summed E-state index contributed by atoms with van der Waals surface area (Å²) in [5.41, 5.74) is 14.2. The highest BCUT2D eigenvalue weighted by Gasteiger charge is 2.24. The van der Waals surface area contributed by atoms with Crippen LogP contribution >= 0.6 is 0 Å². The van der Waals surface area contributed by atoms with Gasteiger partial charge in [-0.25, -0.2) is 4.98 Å². The number of benzene rings is 9. The second kappa shape index (κ2) is 13.9. The number of aromatic nitrogens is 5. The molecule has 0 unspecified atom stereocenters. The average Bonchev–Trinajstić information content (AvgIpc) is 4.09. The minimum atomic E-state index is 0.597. The van der Waals surface area contributed by atoms with E-state index in [1.807, 2.05) is 24.4 Å². The van der Waals surface area contributed by atoms with Crippen molar-refractivity contribution in [3.8, 4) is 40.1 Å². The molecule has 14 rings (SSSR count). The number of nitrogens with zero attached hydrogens (tertiary/aromatic N) is 6. The van der Waals surface area contributed by atoms with Crippen LogP contribution in [0, 0.1) is 11.3 Å². The molecule has 0 saturated heterocycles. The maximum atomic E-state index is 10.7. The quantitative estimate of drug-likeness (QED) is 0.173. The van der Waals surface area contributed by atoms with E-state index < -0.39 is 0 Å². The first-order valence-corrected chi connectivity index (χ1v) is 22.3. The summed E-state index contributed by atoms with van der Waals surface area (Å²) < 4.78 is 9.39. The summed E-state index contributed by atoms with van der Waals surface area (Å²) >= 11 is 0. The second-order valence-corrected chi connectivity index (χ2v) is 17.1. The molecule has 14 aromatic rings. The van der Waals surface area contributed by atoms with Gasteiger partial charge in [-0.05, 0) is 84.9 Å². The number of rotatable bonds is 5. The smallest absolute Gasteiger partial charge is 0.138 e. The van der Waals surface area contributed by atoms with E-state index in [4.69, 9.17) is 4.98 Å². The van der Waals surface area contributed by atoms with Gasteiger partial charge >= 0.3 is 0 Å². The first kappa shape index (κ1) is 36.3. The molecule has 0 fully saturated rings. The fourth-order valence-electron chi connectivity index (χ4n) is 10.8. The molecule has 0 aliphatic heterocycles. The predicted octanol–water partition coefficient (Wildman–Crippen LogP) is 15.0. The summed E-state index contributed by atoms with van der Waals surface area (Å²) in [6, 6.07) is 77.9. The lowest BCUT2D eigenvalue weighted by atomic mass is 9.99. The Bertz CT molecular complexity index is 4350. The van der Waals surface area contributed by atoms with Crippen LogP contribution in [0.15, 0.2) is 219 Å². The zero-order valence-electron chi connectivity index (χ0n) is 35.5. The Kier molecular flexibility index (Phi) is 7.65. The standard InChI is InChI=1S/C60H36N6/c61-36-38-17-7-8-22-41(38)50-33-60(66-54-30-16-12-26-45(54)49-32-47-43-24-10-14-28-52(43)64(56(47)35-58(49)66)40-20-5-2-6-21-40)62-37-59(50)65-53-29-15-11-25-44(53)48-31-46-42-23-9-13-27-51(42)63(55(46)34-57(48)65)39-18-3-1-4-19-39/h1-35,37H. The van der Waals surface area contributed by atoms with E-state index in [1.54, 1.807) is 0 Å². The Morgan fingerprint density at radius 3 is 1.21 bits per heavy atom.